The molecule has 0 saturated carbocycles. The maximum Gasteiger partial charge on any atom is 0.121 e. The second kappa shape index (κ2) is 4.64. The first kappa shape index (κ1) is 9.77. The molecule has 0 radical (unpaired) electrons. The fourth-order valence-electron chi connectivity index (χ4n) is 1.59. The van der Waals surface area contributed by atoms with Crippen LogP contribution >= 0.6 is 0 Å². The average molecular weight is 201 g/mol. The smallest absolute Gasteiger partial charge is 0.121 e. The summed E-state index contributed by atoms with van der Waals surface area (Å²) in [6.45, 7) is 5.52. The molecule has 2 rings (SSSR count). The maximum absolute atomic E-state index is 4.41. The standard InChI is InChI=1S/C12H15N3/c1-2-6-12-13-9-10-15(12)14-11-7-4-3-5-8-11/h2-5,7-8,14H,1,6,9-10H2. The minimum Gasteiger partial charge on any atom is -0.297 e. The molecule has 0 unspecified atom stereocenters. The lowest BCUT2D eigenvalue weighted by atomic mass is 10.3. The molecule has 0 spiro atoms. The molecular weight excluding hydrogens is 186 g/mol. The van der Waals surface area contributed by atoms with Crippen LogP contribution in [-0.2, 0) is 0 Å². The van der Waals surface area contributed by atoms with Crippen molar-refractivity contribution in [3.8, 4) is 0 Å². The van der Waals surface area contributed by atoms with E-state index in [4.69, 9.17) is 0 Å². The minimum absolute atomic E-state index is 0.819. The van der Waals surface area contributed by atoms with Crippen LogP contribution in [0, 0.1) is 0 Å². The number of amidine groups is 1. The van der Waals surface area contributed by atoms with E-state index in [9.17, 15) is 0 Å². The molecule has 0 bridgehead atoms. The fraction of sp³-hybridized carbons (Fsp3) is 0.250. The van der Waals surface area contributed by atoms with Crippen molar-refractivity contribution in [1.29, 1.82) is 0 Å². The lowest BCUT2D eigenvalue weighted by molar-refractivity contribution is 0.539. The van der Waals surface area contributed by atoms with Gasteiger partial charge >= 0.3 is 0 Å². The molecule has 0 saturated heterocycles. The number of nitrogens with one attached hydrogen (secondary N) is 1. The van der Waals surface area contributed by atoms with Crippen LogP contribution in [0.25, 0.3) is 0 Å². The largest absolute Gasteiger partial charge is 0.297 e. The summed E-state index contributed by atoms with van der Waals surface area (Å²) in [5, 5.41) is 2.08. The molecule has 3 heteroatoms. The highest BCUT2D eigenvalue weighted by atomic mass is 15.5. The third-order valence-corrected chi connectivity index (χ3v) is 2.29. The van der Waals surface area contributed by atoms with Crippen LogP contribution in [0.3, 0.4) is 0 Å². The average Bonchev–Trinajstić information content (AvgIpc) is 2.68. The van der Waals surface area contributed by atoms with Crippen molar-refractivity contribution in [2.45, 2.75) is 6.42 Å². The summed E-state index contributed by atoms with van der Waals surface area (Å²) in [7, 11) is 0. The van der Waals surface area contributed by atoms with E-state index in [0.717, 1.165) is 31.0 Å². The molecule has 0 fully saturated rings. The number of aliphatic imine (C=N–C) groups is 1. The van der Waals surface area contributed by atoms with E-state index in [2.05, 4.69) is 22.0 Å². The molecule has 0 aliphatic carbocycles. The van der Waals surface area contributed by atoms with Gasteiger partial charge in [0.1, 0.15) is 5.84 Å². The van der Waals surface area contributed by atoms with E-state index in [-0.39, 0.29) is 0 Å². The summed E-state index contributed by atoms with van der Waals surface area (Å²) in [4.78, 5) is 4.41. The van der Waals surface area contributed by atoms with Crippen molar-refractivity contribution >= 4 is 11.5 Å². The van der Waals surface area contributed by atoms with Crippen LogP contribution in [0.15, 0.2) is 48.0 Å². The Morgan fingerprint density at radius 2 is 2.20 bits per heavy atom. The third-order valence-electron chi connectivity index (χ3n) is 2.29. The van der Waals surface area contributed by atoms with Crippen molar-refractivity contribution in [2.75, 3.05) is 18.5 Å². The number of hydrazine groups is 1. The van der Waals surface area contributed by atoms with Gasteiger partial charge in [-0.3, -0.25) is 15.4 Å². The lowest BCUT2D eigenvalue weighted by Gasteiger charge is -2.21. The molecule has 0 amide bonds. The Hall–Kier alpha value is -1.77. The predicted octanol–water partition coefficient (Wildman–Crippen LogP) is 2.30. The monoisotopic (exact) mass is 201 g/mol. The highest BCUT2D eigenvalue weighted by Gasteiger charge is 2.14. The van der Waals surface area contributed by atoms with Crippen LogP contribution in [0.5, 0.6) is 0 Å². The molecule has 78 valence electrons. The molecule has 1 aromatic rings. The molecule has 1 aliphatic rings. The topological polar surface area (TPSA) is 27.6 Å². The van der Waals surface area contributed by atoms with Crippen LogP contribution < -0.4 is 5.43 Å². The minimum atomic E-state index is 0.819. The van der Waals surface area contributed by atoms with Crippen LogP contribution in [-0.4, -0.2) is 23.9 Å². The molecule has 1 heterocycles. The number of benzene rings is 1. The Kier molecular flexibility index (Phi) is 3.02. The Bertz CT molecular complexity index is 356. The summed E-state index contributed by atoms with van der Waals surface area (Å²) >= 11 is 0. The first-order chi connectivity index (χ1) is 7.40. The van der Waals surface area contributed by atoms with Crippen LogP contribution in [0.4, 0.5) is 5.69 Å². The lowest BCUT2D eigenvalue weighted by Crippen LogP contribution is -2.33. The van der Waals surface area contributed by atoms with Gasteiger partial charge in [0.25, 0.3) is 0 Å². The third kappa shape index (κ3) is 2.37. The van der Waals surface area contributed by atoms with Gasteiger partial charge in [-0.2, -0.15) is 0 Å². The van der Waals surface area contributed by atoms with Gasteiger partial charge in [0.15, 0.2) is 0 Å². The van der Waals surface area contributed by atoms with E-state index in [1.54, 1.807) is 0 Å². The van der Waals surface area contributed by atoms with Gasteiger partial charge in [-0.25, -0.2) is 0 Å². The van der Waals surface area contributed by atoms with Gasteiger partial charge in [0.2, 0.25) is 0 Å². The molecule has 0 aromatic heterocycles. The van der Waals surface area contributed by atoms with Crippen molar-refractivity contribution in [1.82, 2.24) is 5.01 Å². The van der Waals surface area contributed by atoms with Gasteiger partial charge in [0, 0.05) is 6.42 Å². The number of para-hydroxylation sites is 1. The highest BCUT2D eigenvalue weighted by Crippen LogP contribution is 2.11. The summed E-state index contributed by atoms with van der Waals surface area (Å²) < 4.78 is 0. The Labute approximate surface area is 90.1 Å². The first-order valence-corrected chi connectivity index (χ1v) is 5.13. The number of rotatable bonds is 4. The van der Waals surface area contributed by atoms with Crippen molar-refractivity contribution < 1.29 is 0 Å². The molecule has 1 N–H and O–H groups in total. The number of anilines is 1. The molecule has 1 aromatic carbocycles. The first-order valence-electron chi connectivity index (χ1n) is 5.13. The number of hydrogen-bond acceptors (Lipinski definition) is 3. The van der Waals surface area contributed by atoms with Gasteiger partial charge in [-0.05, 0) is 12.1 Å². The highest BCUT2D eigenvalue weighted by molar-refractivity contribution is 5.86. The second-order valence-electron chi connectivity index (χ2n) is 3.42. The fourth-order valence-corrected chi connectivity index (χ4v) is 1.59. The Morgan fingerprint density at radius 1 is 1.40 bits per heavy atom. The van der Waals surface area contributed by atoms with Gasteiger partial charge in [-0.15, -0.1) is 6.58 Å². The predicted molar refractivity (Wildman–Crippen MR) is 63.9 cm³/mol. The molecular formula is C12H15N3. The van der Waals surface area contributed by atoms with E-state index in [0.29, 0.717) is 0 Å². The van der Waals surface area contributed by atoms with E-state index in [1.165, 1.54) is 0 Å². The summed E-state index contributed by atoms with van der Waals surface area (Å²) in [6, 6.07) is 10.1. The molecule has 3 nitrogen and oxygen atoms in total. The molecule has 15 heavy (non-hydrogen) atoms. The van der Waals surface area contributed by atoms with Crippen molar-refractivity contribution in [3.05, 3.63) is 43.0 Å². The number of hydrogen-bond donors (Lipinski definition) is 1. The SMILES string of the molecule is C=CCC1=NCCN1Nc1ccccc1. The second-order valence-corrected chi connectivity index (χ2v) is 3.42. The van der Waals surface area contributed by atoms with Crippen LogP contribution in [0.1, 0.15) is 6.42 Å². The van der Waals surface area contributed by atoms with E-state index < -0.39 is 0 Å². The normalized spacial score (nSPS) is 14.9. The quantitative estimate of drug-likeness (QED) is 0.757. The Morgan fingerprint density at radius 3 is 2.93 bits per heavy atom. The zero-order valence-corrected chi connectivity index (χ0v) is 8.69. The Balaban J connectivity index is 2.01. The maximum atomic E-state index is 4.41. The summed E-state index contributed by atoms with van der Waals surface area (Å²) in [5.41, 5.74) is 4.42. The van der Waals surface area contributed by atoms with Gasteiger partial charge in [-0.1, -0.05) is 24.3 Å². The zero-order valence-electron chi connectivity index (χ0n) is 8.69. The zero-order chi connectivity index (χ0) is 10.5. The van der Waals surface area contributed by atoms with Crippen LogP contribution in [0.2, 0.25) is 0 Å². The summed E-state index contributed by atoms with van der Waals surface area (Å²) in [6.07, 6.45) is 2.70. The van der Waals surface area contributed by atoms with E-state index in [1.807, 2.05) is 36.4 Å². The van der Waals surface area contributed by atoms with Gasteiger partial charge in [0.05, 0.1) is 18.8 Å². The molecule has 0 atom stereocenters. The summed E-state index contributed by atoms with van der Waals surface area (Å²) in [5.74, 6) is 1.06. The van der Waals surface area contributed by atoms with Crippen molar-refractivity contribution in [3.63, 3.8) is 0 Å². The molecule has 1 aliphatic heterocycles. The van der Waals surface area contributed by atoms with Gasteiger partial charge < -0.3 is 0 Å². The number of nitrogens with zero attached hydrogens (tertiary/aromatic N) is 2. The van der Waals surface area contributed by atoms with Crippen molar-refractivity contribution in [2.24, 2.45) is 4.99 Å². The van der Waals surface area contributed by atoms with E-state index >= 15 is 0 Å².